The molecule has 0 aliphatic rings. The van der Waals surface area contributed by atoms with Gasteiger partial charge in [-0.2, -0.15) is 0 Å². The van der Waals surface area contributed by atoms with Crippen LogP contribution in [0.1, 0.15) is 11.1 Å². The van der Waals surface area contributed by atoms with E-state index in [0.29, 0.717) is 11.6 Å². The Bertz CT molecular complexity index is 1080. The van der Waals surface area contributed by atoms with Gasteiger partial charge in [-0.1, -0.05) is 30.3 Å². The molecular formula is C23H20N2O3. The van der Waals surface area contributed by atoms with Crippen molar-refractivity contribution in [3.05, 3.63) is 77.9 Å². The Kier molecular flexibility index (Phi) is 4.81. The zero-order chi connectivity index (χ0) is 19.5. The monoisotopic (exact) mass is 372 g/mol. The maximum atomic E-state index is 12.2. The van der Waals surface area contributed by atoms with E-state index in [0.717, 1.165) is 33.5 Å². The Labute approximate surface area is 163 Å². The number of benzene rings is 3. The van der Waals surface area contributed by atoms with Crippen LogP contribution in [0.25, 0.3) is 22.6 Å². The third-order valence-electron chi connectivity index (χ3n) is 4.47. The van der Waals surface area contributed by atoms with Crippen molar-refractivity contribution in [3.8, 4) is 17.2 Å². The molecule has 0 fully saturated rings. The molecule has 5 heteroatoms. The first-order valence-corrected chi connectivity index (χ1v) is 9.05. The van der Waals surface area contributed by atoms with Gasteiger partial charge in [0, 0.05) is 11.3 Å². The number of carbonyl (C=O) groups excluding carboxylic acids is 1. The number of amides is 1. The minimum Gasteiger partial charge on any atom is -0.483 e. The molecule has 4 aromatic rings. The molecule has 0 bridgehead atoms. The normalized spacial score (nSPS) is 10.8. The maximum absolute atomic E-state index is 12.2. The van der Waals surface area contributed by atoms with Gasteiger partial charge in [0.25, 0.3) is 5.91 Å². The van der Waals surface area contributed by atoms with Gasteiger partial charge in [-0.05, 0) is 61.4 Å². The van der Waals surface area contributed by atoms with Gasteiger partial charge in [0.1, 0.15) is 11.3 Å². The predicted octanol–water partition coefficient (Wildman–Crippen LogP) is 5.13. The molecule has 0 radical (unpaired) electrons. The highest BCUT2D eigenvalue weighted by Gasteiger charge is 2.10. The molecule has 3 aromatic carbocycles. The summed E-state index contributed by atoms with van der Waals surface area (Å²) < 4.78 is 11.5. The molecule has 4 rings (SSSR count). The Morgan fingerprint density at radius 2 is 1.68 bits per heavy atom. The third kappa shape index (κ3) is 3.74. The number of aromatic nitrogens is 1. The molecule has 140 valence electrons. The van der Waals surface area contributed by atoms with Crippen molar-refractivity contribution in [1.29, 1.82) is 0 Å². The molecule has 1 amide bonds. The molecule has 1 N–H and O–H groups in total. The number of carbonyl (C=O) groups is 1. The number of rotatable bonds is 5. The van der Waals surface area contributed by atoms with Crippen molar-refractivity contribution in [2.45, 2.75) is 13.8 Å². The van der Waals surface area contributed by atoms with Gasteiger partial charge in [-0.15, -0.1) is 0 Å². The van der Waals surface area contributed by atoms with E-state index in [-0.39, 0.29) is 12.5 Å². The summed E-state index contributed by atoms with van der Waals surface area (Å²) in [6.07, 6.45) is 0. The molecule has 0 saturated carbocycles. The summed E-state index contributed by atoms with van der Waals surface area (Å²) in [5, 5.41) is 2.84. The van der Waals surface area contributed by atoms with Gasteiger partial charge in [0.2, 0.25) is 5.89 Å². The van der Waals surface area contributed by atoms with Crippen molar-refractivity contribution in [3.63, 3.8) is 0 Å². The summed E-state index contributed by atoms with van der Waals surface area (Å²) in [4.78, 5) is 16.7. The van der Waals surface area contributed by atoms with Gasteiger partial charge < -0.3 is 14.5 Å². The fourth-order valence-corrected chi connectivity index (χ4v) is 3.05. The van der Waals surface area contributed by atoms with Gasteiger partial charge in [-0.3, -0.25) is 4.79 Å². The van der Waals surface area contributed by atoms with E-state index in [9.17, 15) is 4.79 Å². The lowest BCUT2D eigenvalue weighted by atomic mass is 10.1. The number of anilines is 1. The fraction of sp³-hybridized carbons (Fsp3) is 0.130. The Morgan fingerprint density at radius 1 is 0.964 bits per heavy atom. The number of hydrogen-bond acceptors (Lipinski definition) is 4. The van der Waals surface area contributed by atoms with Crippen LogP contribution >= 0.6 is 0 Å². The van der Waals surface area contributed by atoms with Gasteiger partial charge in [-0.25, -0.2) is 4.98 Å². The molecule has 0 unspecified atom stereocenters. The molecule has 0 aliphatic heterocycles. The largest absolute Gasteiger partial charge is 0.483 e. The van der Waals surface area contributed by atoms with E-state index in [2.05, 4.69) is 10.3 Å². The van der Waals surface area contributed by atoms with Crippen molar-refractivity contribution in [1.82, 2.24) is 4.98 Å². The lowest BCUT2D eigenvalue weighted by Gasteiger charge is -2.12. The van der Waals surface area contributed by atoms with Crippen LogP contribution in [0.3, 0.4) is 0 Å². The Balaban J connectivity index is 1.40. The molecule has 0 saturated heterocycles. The molecule has 5 nitrogen and oxygen atoms in total. The number of nitrogens with one attached hydrogen (secondary N) is 1. The van der Waals surface area contributed by atoms with Crippen LogP contribution < -0.4 is 10.1 Å². The third-order valence-corrected chi connectivity index (χ3v) is 4.47. The first kappa shape index (κ1) is 17.8. The van der Waals surface area contributed by atoms with Crippen LogP contribution in [-0.4, -0.2) is 17.5 Å². The van der Waals surface area contributed by atoms with Gasteiger partial charge >= 0.3 is 0 Å². The standard InChI is InChI=1S/C23H20N2O3/c1-15-6-5-7-16(2)22(15)27-14-21(26)24-18-12-10-17(11-13-18)23-25-19-8-3-4-9-20(19)28-23/h3-13H,14H2,1-2H3,(H,24,26). The highest BCUT2D eigenvalue weighted by Crippen LogP contribution is 2.25. The second-order valence-corrected chi connectivity index (χ2v) is 6.62. The molecule has 1 heterocycles. The van der Waals surface area contributed by atoms with E-state index in [1.54, 1.807) is 0 Å². The molecule has 0 spiro atoms. The highest BCUT2D eigenvalue weighted by atomic mass is 16.5. The van der Waals surface area contributed by atoms with E-state index >= 15 is 0 Å². The second-order valence-electron chi connectivity index (χ2n) is 6.62. The summed E-state index contributed by atoms with van der Waals surface area (Å²) >= 11 is 0. The molecule has 1 aromatic heterocycles. The summed E-state index contributed by atoms with van der Waals surface area (Å²) in [6.45, 7) is 3.88. The number of ether oxygens (including phenoxy) is 1. The van der Waals surface area contributed by atoms with Crippen LogP contribution in [0.2, 0.25) is 0 Å². The molecule has 0 atom stereocenters. The van der Waals surface area contributed by atoms with E-state index in [4.69, 9.17) is 9.15 Å². The van der Waals surface area contributed by atoms with Crippen molar-refractivity contribution >= 4 is 22.7 Å². The van der Waals surface area contributed by atoms with Crippen molar-refractivity contribution in [2.75, 3.05) is 11.9 Å². The SMILES string of the molecule is Cc1cccc(C)c1OCC(=O)Nc1ccc(-c2nc3ccccc3o2)cc1. The Morgan fingerprint density at radius 3 is 2.39 bits per heavy atom. The smallest absolute Gasteiger partial charge is 0.262 e. The van der Waals surface area contributed by atoms with Crippen LogP contribution in [0.4, 0.5) is 5.69 Å². The van der Waals surface area contributed by atoms with Crippen molar-refractivity contribution in [2.24, 2.45) is 0 Å². The summed E-state index contributed by atoms with van der Waals surface area (Å²) in [5.41, 5.74) is 5.12. The number of hydrogen-bond donors (Lipinski definition) is 1. The zero-order valence-electron chi connectivity index (χ0n) is 15.7. The van der Waals surface area contributed by atoms with Crippen LogP contribution in [0, 0.1) is 13.8 Å². The minimum absolute atomic E-state index is 0.0431. The summed E-state index contributed by atoms with van der Waals surface area (Å²) in [6, 6.07) is 20.9. The lowest BCUT2D eigenvalue weighted by molar-refractivity contribution is -0.118. The molecule has 28 heavy (non-hydrogen) atoms. The topological polar surface area (TPSA) is 64.4 Å². The van der Waals surface area contributed by atoms with Crippen LogP contribution in [0.5, 0.6) is 5.75 Å². The van der Waals surface area contributed by atoms with Crippen molar-refractivity contribution < 1.29 is 13.9 Å². The number of nitrogens with zero attached hydrogens (tertiary/aromatic N) is 1. The van der Waals surface area contributed by atoms with Crippen LogP contribution in [-0.2, 0) is 4.79 Å². The first-order chi connectivity index (χ1) is 13.6. The minimum atomic E-state index is -0.211. The number of fused-ring (bicyclic) bond motifs is 1. The number of oxazole rings is 1. The van der Waals surface area contributed by atoms with E-state index in [1.165, 1.54) is 0 Å². The predicted molar refractivity (Wildman–Crippen MR) is 109 cm³/mol. The first-order valence-electron chi connectivity index (χ1n) is 9.05. The second kappa shape index (κ2) is 7.56. The molecular weight excluding hydrogens is 352 g/mol. The van der Waals surface area contributed by atoms with Gasteiger partial charge in [0.05, 0.1) is 0 Å². The average Bonchev–Trinajstić information content (AvgIpc) is 3.12. The zero-order valence-corrected chi connectivity index (χ0v) is 15.7. The van der Waals surface area contributed by atoms with Gasteiger partial charge in [0.15, 0.2) is 12.2 Å². The number of aryl methyl sites for hydroxylation is 2. The maximum Gasteiger partial charge on any atom is 0.262 e. The summed E-state index contributed by atoms with van der Waals surface area (Å²) in [5.74, 6) is 1.10. The Hall–Kier alpha value is -3.60. The number of para-hydroxylation sites is 3. The molecule has 0 aliphatic carbocycles. The quantitative estimate of drug-likeness (QED) is 0.527. The summed E-state index contributed by atoms with van der Waals surface area (Å²) in [7, 11) is 0. The lowest BCUT2D eigenvalue weighted by Crippen LogP contribution is -2.20. The van der Waals surface area contributed by atoms with E-state index < -0.39 is 0 Å². The highest BCUT2D eigenvalue weighted by molar-refractivity contribution is 5.92. The van der Waals surface area contributed by atoms with Crippen LogP contribution in [0.15, 0.2) is 71.1 Å². The van der Waals surface area contributed by atoms with E-state index in [1.807, 2.05) is 80.6 Å². The fourth-order valence-electron chi connectivity index (χ4n) is 3.05. The average molecular weight is 372 g/mol.